The van der Waals surface area contributed by atoms with Crippen LogP contribution in [0, 0.1) is 0 Å². The van der Waals surface area contributed by atoms with Gasteiger partial charge in [-0.25, -0.2) is 9.78 Å². The van der Waals surface area contributed by atoms with E-state index in [0.29, 0.717) is 19.4 Å². The highest BCUT2D eigenvalue weighted by Crippen LogP contribution is 1.91. The molecule has 1 aromatic rings. The molecule has 2 amide bonds. The van der Waals surface area contributed by atoms with Gasteiger partial charge < -0.3 is 15.7 Å². The minimum Gasteiger partial charge on any atom is -0.480 e. The molecule has 16 heavy (non-hydrogen) atoms. The molecule has 0 aliphatic heterocycles. The van der Waals surface area contributed by atoms with Crippen LogP contribution < -0.4 is 10.6 Å². The Bertz CT molecular complexity index is 337. The topological polar surface area (TPSA) is 120 Å². The SMILES string of the molecule is O=C(O)CNC(=O)NCCCc1ncn[nH]1. The summed E-state index contributed by atoms with van der Waals surface area (Å²) in [6, 6.07) is -0.486. The van der Waals surface area contributed by atoms with Crippen molar-refractivity contribution in [2.45, 2.75) is 12.8 Å². The fourth-order valence-corrected chi connectivity index (χ4v) is 1.03. The Hall–Kier alpha value is -2.12. The number of rotatable bonds is 6. The fourth-order valence-electron chi connectivity index (χ4n) is 1.03. The number of carbonyl (C=O) groups is 2. The van der Waals surface area contributed by atoms with Crippen LogP contribution >= 0.6 is 0 Å². The summed E-state index contributed by atoms with van der Waals surface area (Å²) in [4.78, 5) is 25.0. The van der Waals surface area contributed by atoms with Crippen molar-refractivity contribution < 1.29 is 14.7 Å². The number of hydrogen-bond donors (Lipinski definition) is 4. The second kappa shape index (κ2) is 6.38. The second-order valence-corrected chi connectivity index (χ2v) is 3.04. The lowest BCUT2D eigenvalue weighted by Gasteiger charge is -2.04. The van der Waals surface area contributed by atoms with Gasteiger partial charge in [0, 0.05) is 13.0 Å². The predicted octanol–water partition coefficient (Wildman–Crippen LogP) is -0.879. The number of carbonyl (C=O) groups excluding carboxylic acids is 1. The maximum atomic E-state index is 11.0. The van der Waals surface area contributed by atoms with Crippen molar-refractivity contribution in [2.75, 3.05) is 13.1 Å². The highest BCUT2D eigenvalue weighted by atomic mass is 16.4. The third-order valence-corrected chi connectivity index (χ3v) is 1.74. The summed E-state index contributed by atoms with van der Waals surface area (Å²) >= 11 is 0. The number of carboxylic acids is 1. The predicted molar refractivity (Wildman–Crippen MR) is 53.7 cm³/mol. The Labute approximate surface area is 91.5 Å². The molecule has 0 radical (unpaired) electrons. The van der Waals surface area contributed by atoms with Crippen LogP contribution in [0.1, 0.15) is 12.2 Å². The van der Waals surface area contributed by atoms with E-state index in [1.807, 2.05) is 0 Å². The molecule has 0 saturated carbocycles. The first-order valence-electron chi connectivity index (χ1n) is 4.76. The van der Waals surface area contributed by atoms with Gasteiger partial charge in [0.1, 0.15) is 18.7 Å². The van der Waals surface area contributed by atoms with Gasteiger partial charge in [-0.15, -0.1) is 0 Å². The Morgan fingerprint density at radius 2 is 2.25 bits per heavy atom. The number of aliphatic carboxylic acids is 1. The molecular formula is C8H13N5O3. The number of carboxylic acid groups (broad SMARTS) is 1. The lowest BCUT2D eigenvalue weighted by Crippen LogP contribution is -2.38. The molecule has 8 nitrogen and oxygen atoms in total. The number of nitrogens with zero attached hydrogens (tertiary/aromatic N) is 2. The molecule has 0 atom stereocenters. The number of nitrogens with one attached hydrogen (secondary N) is 3. The molecule has 0 aliphatic carbocycles. The molecule has 0 aliphatic rings. The first kappa shape index (κ1) is 12.0. The van der Waals surface area contributed by atoms with Crippen molar-refractivity contribution in [1.29, 1.82) is 0 Å². The van der Waals surface area contributed by atoms with Gasteiger partial charge in [0.05, 0.1) is 0 Å². The average Bonchev–Trinajstić information content (AvgIpc) is 2.74. The lowest BCUT2D eigenvalue weighted by molar-refractivity contribution is -0.135. The van der Waals surface area contributed by atoms with Crippen LogP contribution in [0.15, 0.2) is 6.33 Å². The highest BCUT2D eigenvalue weighted by Gasteiger charge is 2.02. The van der Waals surface area contributed by atoms with Crippen LogP contribution in [-0.2, 0) is 11.2 Å². The van der Waals surface area contributed by atoms with Crippen LogP contribution in [0.25, 0.3) is 0 Å². The molecule has 0 spiro atoms. The summed E-state index contributed by atoms with van der Waals surface area (Å²) in [7, 11) is 0. The van der Waals surface area contributed by atoms with Crippen molar-refractivity contribution in [2.24, 2.45) is 0 Å². The van der Waals surface area contributed by atoms with E-state index in [1.165, 1.54) is 6.33 Å². The molecule has 0 saturated heterocycles. The number of aryl methyl sites for hydroxylation is 1. The highest BCUT2D eigenvalue weighted by molar-refractivity contribution is 5.79. The fraction of sp³-hybridized carbons (Fsp3) is 0.500. The third-order valence-electron chi connectivity index (χ3n) is 1.74. The average molecular weight is 227 g/mol. The van der Waals surface area contributed by atoms with Crippen molar-refractivity contribution in [1.82, 2.24) is 25.8 Å². The number of amides is 2. The zero-order chi connectivity index (χ0) is 11.8. The summed E-state index contributed by atoms with van der Waals surface area (Å²) in [5.41, 5.74) is 0. The van der Waals surface area contributed by atoms with E-state index < -0.39 is 12.0 Å². The molecule has 0 aromatic carbocycles. The third kappa shape index (κ3) is 4.94. The van der Waals surface area contributed by atoms with Crippen molar-refractivity contribution in [3.8, 4) is 0 Å². The molecular weight excluding hydrogens is 214 g/mol. The molecule has 4 N–H and O–H groups in total. The molecule has 0 unspecified atom stereocenters. The van der Waals surface area contributed by atoms with Gasteiger partial charge in [0.15, 0.2) is 0 Å². The van der Waals surface area contributed by atoms with E-state index in [4.69, 9.17) is 5.11 Å². The Balaban J connectivity index is 2.02. The van der Waals surface area contributed by atoms with Crippen molar-refractivity contribution >= 4 is 12.0 Å². The number of H-pyrrole nitrogens is 1. The monoisotopic (exact) mass is 227 g/mol. The molecule has 88 valence electrons. The summed E-state index contributed by atoms with van der Waals surface area (Å²) in [5.74, 6) is -0.315. The first-order valence-corrected chi connectivity index (χ1v) is 4.76. The van der Waals surface area contributed by atoms with Crippen molar-refractivity contribution in [3.05, 3.63) is 12.2 Å². The van der Waals surface area contributed by atoms with Crippen molar-refractivity contribution in [3.63, 3.8) is 0 Å². The van der Waals surface area contributed by atoms with Gasteiger partial charge in [-0.3, -0.25) is 9.89 Å². The number of urea groups is 1. The van der Waals surface area contributed by atoms with Gasteiger partial charge in [-0.1, -0.05) is 0 Å². The molecule has 1 heterocycles. The smallest absolute Gasteiger partial charge is 0.323 e. The Morgan fingerprint density at radius 3 is 2.88 bits per heavy atom. The van der Waals surface area contributed by atoms with E-state index in [9.17, 15) is 9.59 Å². The Morgan fingerprint density at radius 1 is 1.44 bits per heavy atom. The first-order chi connectivity index (χ1) is 7.68. The van der Waals surface area contributed by atoms with Crippen LogP contribution in [0.5, 0.6) is 0 Å². The largest absolute Gasteiger partial charge is 0.480 e. The van der Waals surface area contributed by atoms with Gasteiger partial charge in [-0.2, -0.15) is 5.10 Å². The molecule has 0 fully saturated rings. The summed E-state index contributed by atoms with van der Waals surface area (Å²) in [5, 5.41) is 19.4. The van der Waals surface area contributed by atoms with Gasteiger partial charge >= 0.3 is 12.0 Å². The molecule has 8 heteroatoms. The number of hydrogen-bond acceptors (Lipinski definition) is 4. The quantitative estimate of drug-likeness (QED) is 0.470. The van der Waals surface area contributed by atoms with Crippen LogP contribution in [0.4, 0.5) is 4.79 Å². The maximum Gasteiger partial charge on any atom is 0.323 e. The van der Waals surface area contributed by atoms with Crippen LogP contribution in [0.3, 0.4) is 0 Å². The number of aromatic amines is 1. The minimum atomic E-state index is -1.07. The zero-order valence-corrected chi connectivity index (χ0v) is 8.56. The van der Waals surface area contributed by atoms with E-state index in [2.05, 4.69) is 25.8 Å². The summed E-state index contributed by atoms with van der Waals surface area (Å²) in [6.45, 7) is 0.0695. The van der Waals surface area contributed by atoms with Gasteiger partial charge in [0.2, 0.25) is 0 Å². The summed E-state index contributed by atoms with van der Waals surface area (Å²) in [6.07, 6.45) is 2.80. The van der Waals surface area contributed by atoms with Crippen LogP contribution in [0.2, 0.25) is 0 Å². The zero-order valence-electron chi connectivity index (χ0n) is 8.56. The van der Waals surface area contributed by atoms with E-state index >= 15 is 0 Å². The van der Waals surface area contributed by atoms with Gasteiger partial charge in [0.25, 0.3) is 0 Å². The molecule has 1 rings (SSSR count). The Kier molecular flexibility index (Phi) is 4.77. The van der Waals surface area contributed by atoms with E-state index in [-0.39, 0.29) is 6.54 Å². The van der Waals surface area contributed by atoms with Gasteiger partial charge in [-0.05, 0) is 6.42 Å². The molecule has 1 aromatic heterocycles. The van der Waals surface area contributed by atoms with E-state index in [0.717, 1.165) is 5.82 Å². The maximum absolute atomic E-state index is 11.0. The second-order valence-electron chi connectivity index (χ2n) is 3.04. The van der Waals surface area contributed by atoms with Crippen LogP contribution in [-0.4, -0.2) is 45.4 Å². The minimum absolute atomic E-state index is 0.381. The van der Waals surface area contributed by atoms with E-state index in [1.54, 1.807) is 0 Å². The number of aromatic nitrogens is 3. The normalized spacial score (nSPS) is 9.75. The lowest BCUT2D eigenvalue weighted by atomic mass is 10.3. The summed E-state index contributed by atoms with van der Waals surface area (Å²) < 4.78 is 0. The molecule has 0 bridgehead atoms. The standard InChI is InChI=1S/C8H13N5O3/c14-7(15)4-10-8(16)9-3-1-2-6-11-5-12-13-6/h5H,1-4H2,(H,14,15)(H2,9,10,16)(H,11,12,13).